The van der Waals surface area contributed by atoms with Crippen LogP contribution in [0.1, 0.15) is 6.92 Å². The molecule has 6 heteroatoms. The molecular formula is C5H11NO4S. The van der Waals surface area contributed by atoms with Crippen molar-refractivity contribution in [1.82, 2.24) is 0 Å². The zero-order valence-electron chi connectivity index (χ0n) is 6.31. The summed E-state index contributed by atoms with van der Waals surface area (Å²) in [7, 11) is -3.67. The fourth-order valence-electron chi connectivity index (χ4n) is 0.164. The lowest BCUT2D eigenvalue weighted by molar-refractivity contribution is -0.113. The van der Waals surface area contributed by atoms with E-state index in [1.807, 2.05) is 0 Å². The molecule has 0 aromatic heterocycles. The summed E-state index contributed by atoms with van der Waals surface area (Å²) in [6, 6.07) is 0. The van der Waals surface area contributed by atoms with E-state index in [4.69, 9.17) is 4.55 Å². The number of nitrogens with two attached hydrogens (primary N) is 1. The molecule has 0 spiro atoms. The average Bonchev–Trinajstić information content (AvgIpc) is 1.58. The van der Waals surface area contributed by atoms with E-state index < -0.39 is 16.0 Å². The monoisotopic (exact) mass is 181 g/mol. The fourth-order valence-corrected chi connectivity index (χ4v) is 0.164. The Kier molecular flexibility index (Phi) is 6.81. The van der Waals surface area contributed by atoms with E-state index in [2.05, 4.69) is 5.73 Å². The Morgan fingerprint density at radius 1 is 1.55 bits per heavy atom. The average molecular weight is 181 g/mol. The van der Waals surface area contributed by atoms with Crippen molar-refractivity contribution in [2.75, 3.05) is 6.26 Å². The number of amides is 1. The first-order chi connectivity index (χ1) is 4.77. The Balaban J connectivity index is 0. The van der Waals surface area contributed by atoms with Crippen molar-refractivity contribution < 1.29 is 17.8 Å². The maximum absolute atomic E-state index is 9.73. The van der Waals surface area contributed by atoms with Gasteiger partial charge in [0, 0.05) is 0 Å². The molecular weight excluding hydrogens is 170 g/mol. The van der Waals surface area contributed by atoms with Gasteiger partial charge in [-0.15, -0.1) is 0 Å². The molecule has 11 heavy (non-hydrogen) atoms. The van der Waals surface area contributed by atoms with Crippen molar-refractivity contribution in [3.05, 3.63) is 12.2 Å². The second-order valence-corrected chi connectivity index (χ2v) is 3.10. The molecule has 0 aliphatic rings. The van der Waals surface area contributed by atoms with Crippen LogP contribution in [0.25, 0.3) is 0 Å². The van der Waals surface area contributed by atoms with Gasteiger partial charge in [0.15, 0.2) is 0 Å². The Morgan fingerprint density at radius 2 is 1.82 bits per heavy atom. The summed E-state index contributed by atoms with van der Waals surface area (Å²) in [5.41, 5.74) is 4.68. The van der Waals surface area contributed by atoms with Crippen LogP contribution in [0.3, 0.4) is 0 Å². The smallest absolute Gasteiger partial charge is 0.261 e. The van der Waals surface area contributed by atoms with Crippen molar-refractivity contribution in [2.24, 2.45) is 5.73 Å². The van der Waals surface area contributed by atoms with E-state index in [1.54, 1.807) is 13.0 Å². The van der Waals surface area contributed by atoms with Crippen LogP contribution < -0.4 is 5.73 Å². The molecule has 0 saturated heterocycles. The quantitative estimate of drug-likeness (QED) is 0.423. The standard InChI is InChI=1S/C4H7NO.CH4O3S/c1-2-3-4(5)6;1-5(2,3)4/h2-3H,1H3,(H2,5,6);1H3,(H,2,3,4). The Bertz CT molecular complexity index is 221. The lowest BCUT2D eigenvalue weighted by Crippen LogP contribution is -2.04. The van der Waals surface area contributed by atoms with Gasteiger partial charge < -0.3 is 5.73 Å². The Morgan fingerprint density at radius 3 is 1.82 bits per heavy atom. The number of primary amides is 1. The van der Waals surface area contributed by atoms with Gasteiger partial charge in [0.1, 0.15) is 0 Å². The first-order valence-electron chi connectivity index (χ1n) is 2.62. The highest BCUT2D eigenvalue weighted by Crippen LogP contribution is 1.62. The number of hydrogen-bond donors (Lipinski definition) is 2. The maximum Gasteiger partial charge on any atom is 0.261 e. The molecule has 0 fully saturated rings. The molecule has 0 aromatic rings. The van der Waals surface area contributed by atoms with Crippen molar-refractivity contribution in [1.29, 1.82) is 0 Å². The van der Waals surface area contributed by atoms with Gasteiger partial charge in [0.05, 0.1) is 6.26 Å². The summed E-state index contributed by atoms with van der Waals surface area (Å²) in [5, 5.41) is 0. The third-order valence-corrected chi connectivity index (χ3v) is 0.331. The molecule has 5 nitrogen and oxygen atoms in total. The molecule has 0 rings (SSSR count). The second-order valence-electron chi connectivity index (χ2n) is 1.64. The number of carbonyl (C=O) groups excluding carboxylic acids is 1. The van der Waals surface area contributed by atoms with Crippen molar-refractivity contribution in [2.45, 2.75) is 6.92 Å². The molecule has 0 aliphatic carbocycles. The highest BCUT2D eigenvalue weighted by Gasteiger charge is 1.81. The van der Waals surface area contributed by atoms with Gasteiger partial charge >= 0.3 is 0 Å². The third-order valence-electron chi connectivity index (χ3n) is 0.331. The lowest BCUT2D eigenvalue weighted by atomic mass is 10.5. The minimum Gasteiger partial charge on any atom is -0.366 e. The summed E-state index contributed by atoms with van der Waals surface area (Å²) in [6.07, 6.45) is 3.62. The zero-order valence-corrected chi connectivity index (χ0v) is 7.13. The van der Waals surface area contributed by atoms with E-state index in [-0.39, 0.29) is 0 Å². The van der Waals surface area contributed by atoms with E-state index in [0.29, 0.717) is 6.26 Å². The van der Waals surface area contributed by atoms with Gasteiger partial charge in [0.25, 0.3) is 10.1 Å². The molecule has 0 bridgehead atoms. The van der Waals surface area contributed by atoms with Gasteiger partial charge in [-0.2, -0.15) is 8.42 Å². The van der Waals surface area contributed by atoms with Gasteiger partial charge in [-0.1, -0.05) is 6.08 Å². The molecule has 66 valence electrons. The molecule has 0 saturated carbocycles. The van der Waals surface area contributed by atoms with Gasteiger partial charge in [-0.25, -0.2) is 0 Å². The molecule has 0 radical (unpaired) electrons. The molecule has 1 amide bonds. The number of hydrogen-bond acceptors (Lipinski definition) is 3. The van der Waals surface area contributed by atoms with Gasteiger partial charge in [0.2, 0.25) is 5.91 Å². The van der Waals surface area contributed by atoms with Gasteiger partial charge in [-0.3, -0.25) is 9.35 Å². The molecule has 0 aliphatic heterocycles. The topological polar surface area (TPSA) is 97.5 Å². The minimum atomic E-state index is -3.67. The van der Waals surface area contributed by atoms with Gasteiger partial charge in [-0.05, 0) is 13.0 Å². The van der Waals surface area contributed by atoms with Crippen LogP contribution in [0.15, 0.2) is 12.2 Å². The fraction of sp³-hybridized carbons (Fsp3) is 0.400. The molecule has 0 heterocycles. The summed E-state index contributed by atoms with van der Waals surface area (Å²) in [5.74, 6) is -0.391. The summed E-state index contributed by atoms with van der Waals surface area (Å²) >= 11 is 0. The first kappa shape index (κ1) is 12.8. The number of rotatable bonds is 1. The SMILES string of the molecule is CC=CC(N)=O.CS(=O)(=O)O. The predicted molar refractivity (Wildman–Crippen MR) is 41.5 cm³/mol. The highest BCUT2D eigenvalue weighted by molar-refractivity contribution is 7.85. The molecule has 3 N–H and O–H groups in total. The highest BCUT2D eigenvalue weighted by atomic mass is 32.2. The van der Waals surface area contributed by atoms with Crippen LogP contribution in [0.2, 0.25) is 0 Å². The first-order valence-corrected chi connectivity index (χ1v) is 4.46. The van der Waals surface area contributed by atoms with E-state index in [0.717, 1.165) is 0 Å². The minimum absolute atomic E-state index is 0.391. The zero-order chi connectivity index (χ0) is 9.49. The normalized spacial score (nSPS) is 10.5. The molecule has 0 aromatic carbocycles. The lowest BCUT2D eigenvalue weighted by Gasteiger charge is -1.70. The number of allylic oxidation sites excluding steroid dienone is 1. The van der Waals surface area contributed by atoms with E-state index in [9.17, 15) is 13.2 Å². The third kappa shape index (κ3) is 103. The van der Waals surface area contributed by atoms with Crippen LogP contribution in [0, 0.1) is 0 Å². The second kappa shape index (κ2) is 5.87. The summed E-state index contributed by atoms with van der Waals surface area (Å²) in [4.78, 5) is 9.73. The predicted octanol–water partition coefficient (Wildman–Crippen LogP) is -0.448. The Hall–Kier alpha value is -0.880. The van der Waals surface area contributed by atoms with Crippen LogP contribution in [-0.4, -0.2) is 25.1 Å². The van der Waals surface area contributed by atoms with Crippen LogP contribution in [0.5, 0.6) is 0 Å². The van der Waals surface area contributed by atoms with E-state index in [1.165, 1.54) is 6.08 Å². The molecule has 0 unspecified atom stereocenters. The van der Waals surface area contributed by atoms with Crippen molar-refractivity contribution in [3.8, 4) is 0 Å². The van der Waals surface area contributed by atoms with Crippen LogP contribution in [0.4, 0.5) is 0 Å². The molecule has 0 atom stereocenters. The van der Waals surface area contributed by atoms with E-state index >= 15 is 0 Å². The maximum atomic E-state index is 9.73. The largest absolute Gasteiger partial charge is 0.366 e. The van der Waals surface area contributed by atoms with Crippen LogP contribution >= 0.6 is 0 Å². The van der Waals surface area contributed by atoms with Crippen molar-refractivity contribution >= 4 is 16.0 Å². The Labute approximate surface area is 65.6 Å². The summed E-state index contributed by atoms with van der Waals surface area (Å²) in [6.45, 7) is 1.74. The number of carbonyl (C=O) groups is 1. The van der Waals surface area contributed by atoms with Crippen LogP contribution in [-0.2, 0) is 14.9 Å². The van der Waals surface area contributed by atoms with Crippen molar-refractivity contribution in [3.63, 3.8) is 0 Å². The summed E-state index contributed by atoms with van der Waals surface area (Å²) < 4.78 is 25.9.